The van der Waals surface area contributed by atoms with Gasteiger partial charge in [0.05, 0.1) is 30.7 Å². The number of rotatable bonds is 9. The van der Waals surface area contributed by atoms with Gasteiger partial charge in [-0.25, -0.2) is 4.98 Å². The Morgan fingerprint density at radius 1 is 1.14 bits per heavy atom. The van der Waals surface area contributed by atoms with E-state index in [1.165, 1.54) is 71.4 Å². The molecule has 2 N–H and O–H groups in total. The van der Waals surface area contributed by atoms with Gasteiger partial charge in [0.1, 0.15) is 0 Å². The highest BCUT2D eigenvalue weighted by Crippen LogP contribution is 2.32. The Hall–Kier alpha value is -2.45. The number of nitrogens with zero attached hydrogens (tertiary/aromatic N) is 3. The molecule has 0 radical (unpaired) electrons. The van der Waals surface area contributed by atoms with Crippen molar-refractivity contribution in [2.45, 2.75) is 102 Å². The number of para-hydroxylation sites is 2. The van der Waals surface area contributed by atoms with Crippen LogP contribution in [-0.4, -0.2) is 63.9 Å². The molecule has 198 valence electrons. The van der Waals surface area contributed by atoms with E-state index in [0.29, 0.717) is 12.1 Å². The second-order valence-electron chi connectivity index (χ2n) is 10.6. The van der Waals surface area contributed by atoms with Crippen LogP contribution in [0.1, 0.15) is 83.6 Å². The highest BCUT2D eigenvalue weighted by molar-refractivity contribution is 5.76. The van der Waals surface area contributed by atoms with Gasteiger partial charge in [-0.3, -0.25) is 14.5 Å². The largest absolute Gasteiger partial charge is 0.469 e. The van der Waals surface area contributed by atoms with Gasteiger partial charge in [0.2, 0.25) is 0 Å². The Bertz CT molecular complexity index is 1060. The zero-order valence-electron chi connectivity index (χ0n) is 21.8. The lowest BCUT2D eigenvalue weighted by Crippen LogP contribution is -2.41. The number of hydrogen-bond donors (Lipinski definition) is 2. The Labute approximate surface area is 214 Å². The highest BCUT2D eigenvalue weighted by Gasteiger charge is 2.32. The Kier molecular flexibility index (Phi) is 9.37. The SMILES string of the molecule is COC(=O)CC(O)CNc1nc2ccccc2n([C@@H](C)C[C@@H]2CCCN2C2CCCCCCC2)c1=O. The summed E-state index contributed by atoms with van der Waals surface area (Å²) in [4.78, 5) is 32.4. The number of aromatic nitrogens is 2. The summed E-state index contributed by atoms with van der Waals surface area (Å²) in [7, 11) is 1.29. The molecule has 1 aliphatic heterocycles. The molecule has 0 spiro atoms. The van der Waals surface area contributed by atoms with Gasteiger partial charge in [0.25, 0.3) is 5.56 Å². The van der Waals surface area contributed by atoms with Crippen molar-refractivity contribution in [3.63, 3.8) is 0 Å². The summed E-state index contributed by atoms with van der Waals surface area (Å²) < 4.78 is 6.49. The minimum Gasteiger partial charge on any atom is -0.469 e. The van der Waals surface area contributed by atoms with Crippen LogP contribution in [0.4, 0.5) is 5.82 Å². The van der Waals surface area contributed by atoms with E-state index in [1.807, 2.05) is 28.8 Å². The Morgan fingerprint density at radius 2 is 1.86 bits per heavy atom. The molecule has 2 aliphatic rings. The monoisotopic (exact) mass is 498 g/mol. The fourth-order valence-corrected chi connectivity index (χ4v) is 6.13. The average molecular weight is 499 g/mol. The van der Waals surface area contributed by atoms with Crippen molar-refractivity contribution in [3.8, 4) is 0 Å². The molecule has 0 bridgehead atoms. The van der Waals surface area contributed by atoms with Crippen LogP contribution < -0.4 is 10.9 Å². The van der Waals surface area contributed by atoms with Gasteiger partial charge in [-0.15, -0.1) is 0 Å². The number of benzene rings is 1. The molecule has 3 atom stereocenters. The summed E-state index contributed by atoms with van der Waals surface area (Å²) in [6, 6.07) is 8.88. The number of anilines is 1. The molecule has 1 aromatic carbocycles. The van der Waals surface area contributed by atoms with Gasteiger partial charge in [-0.1, -0.05) is 44.2 Å². The lowest BCUT2D eigenvalue weighted by Gasteiger charge is -2.36. The number of esters is 1. The molecule has 1 saturated carbocycles. The highest BCUT2D eigenvalue weighted by atomic mass is 16.5. The number of aliphatic hydroxyl groups is 1. The molecule has 0 amide bonds. The van der Waals surface area contributed by atoms with Crippen molar-refractivity contribution >= 4 is 22.8 Å². The second kappa shape index (κ2) is 12.7. The lowest BCUT2D eigenvalue weighted by atomic mass is 9.94. The first-order valence-corrected chi connectivity index (χ1v) is 13.7. The maximum atomic E-state index is 13.6. The molecule has 2 aromatic rings. The van der Waals surface area contributed by atoms with Crippen LogP contribution in [-0.2, 0) is 9.53 Å². The topological polar surface area (TPSA) is 96.7 Å². The van der Waals surface area contributed by atoms with E-state index >= 15 is 0 Å². The first-order valence-electron chi connectivity index (χ1n) is 13.7. The molecule has 1 unspecified atom stereocenters. The fourth-order valence-electron chi connectivity index (χ4n) is 6.13. The van der Waals surface area contributed by atoms with Crippen LogP contribution in [0, 0.1) is 0 Å². The van der Waals surface area contributed by atoms with E-state index in [4.69, 9.17) is 0 Å². The normalized spacial score (nSPS) is 21.6. The predicted octanol–water partition coefficient (Wildman–Crippen LogP) is 4.26. The molecular weight excluding hydrogens is 456 g/mol. The third kappa shape index (κ3) is 6.45. The number of hydrogen-bond acceptors (Lipinski definition) is 7. The van der Waals surface area contributed by atoms with Crippen LogP contribution in [0.3, 0.4) is 0 Å². The maximum absolute atomic E-state index is 13.6. The third-order valence-corrected chi connectivity index (χ3v) is 7.95. The van der Waals surface area contributed by atoms with Crippen LogP contribution in [0.15, 0.2) is 29.1 Å². The number of carbonyl (C=O) groups excluding carboxylic acids is 1. The second-order valence-corrected chi connectivity index (χ2v) is 10.6. The number of methoxy groups -OCH3 is 1. The molecular formula is C28H42N4O4. The van der Waals surface area contributed by atoms with Crippen molar-refractivity contribution in [2.75, 3.05) is 25.5 Å². The van der Waals surface area contributed by atoms with Gasteiger partial charge in [-0.05, 0) is 57.7 Å². The molecule has 1 aromatic heterocycles. The van der Waals surface area contributed by atoms with Crippen molar-refractivity contribution in [1.29, 1.82) is 0 Å². The van der Waals surface area contributed by atoms with Crippen LogP contribution in [0.2, 0.25) is 0 Å². The van der Waals surface area contributed by atoms with E-state index in [0.717, 1.165) is 17.5 Å². The molecule has 1 aliphatic carbocycles. The average Bonchev–Trinajstić information content (AvgIpc) is 3.30. The summed E-state index contributed by atoms with van der Waals surface area (Å²) >= 11 is 0. The molecule has 36 heavy (non-hydrogen) atoms. The van der Waals surface area contributed by atoms with Gasteiger partial charge in [0.15, 0.2) is 5.82 Å². The quantitative estimate of drug-likeness (QED) is 0.499. The Balaban J connectivity index is 1.53. The number of aliphatic hydroxyl groups excluding tert-OH is 1. The van der Waals surface area contributed by atoms with E-state index in [9.17, 15) is 14.7 Å². The molecule has 4 rings (SSSR count). The summed E-state index contributed by atoms with van der Waals surface area (Å²) in [5.41, 5.74) is 1.37. The predicted molar refractivity (Wildman–Crippen MR) is 142 cm³/mol. The third-order valence-electron chi connectivity index (χ3n) is 7.95. The zero-order valence-corrected chi connectivity index (χ0v) is 21.8. The van der Waals surface area contributed by atoms with Crippen molar-refractivity contribution < 1.29 is 14.6 Å². The molecule has 1 saturated heterocycles. The number of fused-ring (bicyclic) bond motifs is 1. The smallest absolute Gasteiger partial charge is 0.308 e. The lowest BCUT2D eigenvalue weighted by molar-refractivity contribution is -0.142. The molecule has 2 fully saturated rings. The van der Waals surface area contributed by atoms with Crippen molar-refractivity contribution in [1.82, 2.24) is 14.5 Å². The Morgan fingerprint density at radius 3 is 2.61 bits per heavy atom. The van der Waals surface area contributed by atoms with E-state index in [-0.39, 0.29) is 30.4 Å². The van der Waals surface area contributed by atoms with Crippen LogP contribution in [0.5, 0.6) is 0 Å². The fraction of sp³-hybridized carbons (Fsp3) is 0.679. The first-order chi connectivity index (χ1) is 17.5. The maximum Gasteiger partial charge on any atom is 0.308 e. The van der Waals surface area contributed by atoms with Gasteiger partial charge in [-0.2, -0.15) is 0 Å². The van der Waals surface area contributed by atoms with E-state index < -0.39 is 12.1 Å². The van der Waals surface area contributed by atoms with Gasteiger partial charge < -0.3 is 19.7 Å². The van der Waals surface area contributed by atoms with Crippen LogP contribution in [0.25, 0.3) is 11.0 Å². The van der Waals surface area contributed by atoms with Crippen molar-refractivity contribution in [2.24, 2.45) is 0 Å². The minimum atomic E-state index is -0.966. The number of nitrogens with one attached hydrogen (secondary N) is 1. The number of ether oxygens (including phenoxy) is 1. The van der Waals surface area contributed by atoms with E-state index in [1.54, 1.807) is 0 Å². The summed E-state index contributed by atoms with van der Waals surface area (Å²) in [6.45, 7) is 3.35. The number of carbonyl (C=O) groups is 1. The minimum absolute atomic E-state index is 0.00472. The summed E-state index contributed by atoms with van der Waals surface area (Å²) in [6.07, 6.45) is 11.6. The standard InChI is InChI=1S/C28H42N4O4/c1-20(17-22-13-10-16-31(22)21-11-6-4-3-5-7-12-21)32-25-15-9-8-14-24(25)30-27(28(32)35)29-19-23(33)18-26(34)36-2/h8-9,14-15,20-23,33H,3-7,10-13,16-19H2,1-2H3,(H,29,30)/t20-,22-,23?/m0/s1. The van der Waals surface area contributed by atoms with Gasteiger partial charge >= 0.3 is 5.97 Å². The number of likely N-dealkylation sites (tertiary alicyclic amines) is 1. The first kappa shape index (κ1) is 26.6. The zero-order chi connectivity index (χ0) is 25.5. The van der Waals surface area contributed by atoms with Gasteiger partial charge in [0, 0.05) is 24.7 Å². The van der Waals surface area contributed by atoms with E-state index in [2.05, 4.69) is 26.9 Å². The molecule has 2 heterocycles. The van der Waals surface area contributed by atoms with Crippen molar-refractivity contribution in [3.05, 3.63) is 34.6 Å². The van der Waals surface area contributed by atoms with Crippen LogP contribution >= 0.6 is 0 Å². The summed E-state index contributed by atoms with van der Waals surface area (Å²) in [5.74, 6) is -0.292. The summed E-state index contributed by atoms with van der Waals surface area (Å²) in [5, 5.41) is 13.2. The molecule has 8 nitrogen and oxygen atoms in total. The molecule has 8 heteroatoms.